The molecule has 0 radical (unpaired) electrons. The highest BCUT2D eigenvalue weighted by Gasteiger charge is 2.35. The molecule has 4 rings (SSSR count). The Morgan fingerprint density at radius 1 is 1.43 bits per heavy atom. The fraction of sp³-hybridized carbons (Fsp3) is 0.353. The number of hydrogen-bond donors (Lipinski definition) is 1. The Morgan fingerprint density at radius 3 is 2.96 bits per heavy atom. The van der Waals surface area contributed by atoms with Gasteiger partial charge in [0.1, 0.15) is 14.6 Å². The van der Waals surface area contributed by atoms with E-state index in [-0.39, 0.29) is 30.5 Å². The normalized spacial score (nSPS) is 18.4. The third kappa shape index (κ3) is 3.20. The number of sulfonamides is 1. The van der Waals surface area contributed by atoms with Crippen molar-refractivity contribution < 1.29 is 17.9 Å². The molecule has 3 aromatic rings. The zero-order valence-corrected chi connectivity index (χ0v) is 17.0. The lowest BCUT2D eigenvalue weighted by Gasteiger charge is -2.32. The van der Waals surface area contributed by atoms with E-state index in [1.807, 2.05) is 6.07 Å². The van der Waals surface area contributed by atoms with Gasteiger partial charge in [0.2, 0.25) is 10.0 Å². The minimum absolute atomic E-state index is 0.113. The average Bonchev–Trinajstić information content (AvgIpc) is 3.31. The Kier molecular flexibility index (Phi) is 4.91. The highest BCUT2D eigenvalue weighted by Crippen LogP contribution is 2.38. The highest BCUT2D eigenvalue weighted by molar-refractivity contribution is 7.89. The summed E-state index contributed by atoms with van der Waals surface area (Å²) in [6, 6.07) is 3.66. The summed E-state index contributed by atoms with van der Waals surface area (Å²) in [5, 5.41) is 7.40. The van der Waals surface area contributed by atoms with Crippen LogP contribution >= 0.6 is 11.3 Å². The van der Waals surface area contributed by atoms with Crippen molar-refractivity contribution in [2.75, 3.05) is 26.7 Å². The molecule has 1 N–H and O–H groups in total. The van der Waals surface area contributed by atoms with E-state index >= 15 is 0 Å². The number of pyridine rings is 1. The number of thiophene rings is 1. The predicted molar refractivity (Wildman–Crippen MR) is 104 cm³/mol. The first-order valence-corrected chi connectivity index (χ1v) is 10.9. The summed E-state index contributed by atoms with van der Waals surface area (Å²) in [6.45, 7) is 0.584. The lowest BCUT2D eigenvalue weighted by Crippen LogP contribution is -2.42. The van der Waals surface area contributed by atoms with Crippen LogP contribution in [0.25, 0.3) is 10.2 Å². The summed E-state index contributed by atoms with van der Waals surface area (Å²) in [6.07, 6.45) is 3.90. The molecule has 3 aromatic heterocycles. The number of aromatic nitrogens is 3. The van der Waals surface area contributed by atoms with E-state index < -0.39 is 16.1 Å². The zero-order valence-electron chi connectivity index (χ0n) is 15.3. The second-order valence-electron chi connectivity index (χ2n) is 6.35. The van der Waals surface area contributed by atoms with Crippen molar-refractivity contribution in [2.45, 2.75) is 11.0 Å². The lowest BCUT2D eigenvalue weighted by molar-refractivity contribution is -0.00192. The number of carbonyl (C=O) groups is 1. The molecule has 1 saturated heterocycles. The molecule has 1 fully saturated rings. The first kappa shape index (κ1) is 19.0. The van der Waals surface area contributed by atoms with Gasteiger partial charge in [0.25, 0.3) is 5.91 Å². The van der Waals surface area contributed by atoms with Crippen LogP contribution in [0.2, 0.25) is 0 Å². The van der Waals surface area contributed by atoms with Crippen molar-refractivity contribution in [3.63, 3.8) is 0 Å². The van der Waals surface area contributed by atoms with Crippen LogP contribution in [0, 0.1) is 0 Å². The van der Waals surface area contributed by atoms with Gasteiger partial charge in [0.05, 0.1) is 18.9 Å². The molecule has 28 heavy (non-hydrogen) atoms. The maximum Gasteiger partial charge on any atom is 0.261 e. The lowest BCUT2D eigenvalue weighted by atomic mass is 10.0. The Bertz CT molecular complexity index is 1140. The van der Waals surface area contributed by atoms with Crippen molar-refractivity contribution in [2.24, 2.45) is 7.05 Å². The quantitative estimate of drug-likeness (QED) is 0.677. The summed E-state index contributed by atoms with van der Waals surface area (Å²) >= 11 is 1.27. The van der Waals surface area contributed by atoms with Gasteiger partial charge in [-0.25, -0.2) is 13.4 Å². The summed E-state index contributed by atoms with van der Waals surface area (Å²) in [4.78, 5) is 18.1. The van der Waals surface area contributed by atoms with Crippen LogP contribution in [0.1, 0.15) is 21.3 Å². The Balaban J connectivity index is 1.73. The van der Waals surface area contributed by atoms with E-state index in [1.54, 1.807) is 26.4 Å². The molecule has 0 spiro atoms. The van der Waals surface area contributed by atoms with Gasteiger partial charge in [-0.3, -0.25) is 9.48 Å². The van der Waals surface area contributed by atoms with E-state index in [0.29, 0.717) is 15.3 Å². The molecule has 1 atom stereocenters. The third-order valence-electron chi connectivity index (χ3n) is 4.61. The standard InChI is InChI=1S/C17H19N5O4S2/c1-18-16(23)15-14(12-4-3-5-19-17(12)27-15)13-10-22(6-7-26-13)28(24,25)11-8-20-21(2)9-11/h3-5,8-9,13H,6-7,10H2,1-2H3,(H,18,23)/t13-/m0/s1. The van der Waals surface area contributed by atoms with E-state index in [0.717, 1.165) is 5.39 Å². The molecule has 4 heterocycles. The molecule has 0 aromatic carbocycles. The Labute approximate surface area is 166 Å². The van der Waals surface area contributed by atoms with Gasteiger partial charge in [-0.15, -0.1) is 11.3 Å². The number of rotatable bonds is 4. The van der Waals surface area contributed by atoms with Gasteiger partial charge in [-0.1, -0.05) is 6.07 Å². The van der Waals surface area contributed by atoms with E-state index in [1.165, 1.54) is 32.7 Å². The van der Waals surface area contributed by atoms with Gasteiger partial charge < -0.3 is 10.1 Å². The fourth-order valence-corrected chi connectivity index (χ4v) is 5.80. The number of fused-ring (bicyclic) bond motifs is 1. The number of morpholine rings is 1. The number of aryl methyl sites for hydroxylation is 1. The second-order valence-corrected chi connectivity index (χ2v) is 9.29. The third-order valence-corrected chi connectivity index (χ3v) is 7.55. The minimum Gasteiger partial charge on any atom is -0.371 e. The van der Waals surface area contributed by atoms with Crippen molar-refractivity contribution >= 4 is 37.5 Å². The summed E-state index contributed by atoms with van der Waals surface area (Å²) in [7, 11) is -0.472. The number of amides is 1. The van der Waals surface area contributed by atoms with Crippen LogP contribution in [0.15, 0.2) is 35.6 Å². The number of nitrogens with one attached hydrogen (secondary N) is 1. The molecule has 9 nitrogen and oxygen atoms in total. The molecule has 11 heteroatoms. The van der Waals surface area contributed by atoms with Crippen LogP contribution in [0.5, 0.6) is 0 Å². The largest absolute Gasteiger partial charge is 0.371 e. The molecule has 148 valence electrons. The smallest absolute Gasteiger partial charge is 0.261 e. The maximum atomic E-state index is 13.0. The van der Waals surface area contributed by atoms with Gasteiger partial charge in [0.15, 0.2) is 0 Å². The van der Waals surface area contributed by atoms with Crippen LogP contribution < -0.4 is 5.32 Å². The summed E-state index contributed by atoms with van der Waals surface area (Å²) in [5.74, 6) is -0.242. The molecule has 0 aliphatic carbocycles. The zero-order chi connectivity index (χ0) is 19.9. The van der Waals surface area contributed by atoms with Crippen LogP contribution in [0.4, 0.5) is 0 Å². The van der Waals surface area contributed by atoms with Crippen molar-refractivity contribution in [3.8, 4) is 0 Å². The summed E-state index contributed by atoms with van der Waals surface area (Å²) in [5.41, 5.74) is 0.679. The predicted octanol–water partition coefficient (Wildman–Crippen LogP) is 1.15. The first-order chi connectivity index (χ1) is 13.4. The molecular weight excluding hydrogens is 402 g/mol. The Hall–Kier alpha value is -2.34. The topological polar surface area (TPSA) is 106 Å². The second kappa shape index (κ2) is 7.24. The number of hydrogen-bond acceptors (Lipinski definition) is 7. The number of ether oxygens (including phenoxy) is 1. The highest BCUT2D eigenvalue weighted by atomic mass is 32.2. The first-order valence-electron chi connectivity index (χ1n) is 8.61. The van der Waals surface area contributed by atoms with E-state index in [2.05, 4.69) is 15.4 Å². The fourth-order valence-electron chi connectivity index (χ4n) is 3.25. The van der Waals surface area contributed by atoms with Gasteiger partial charge in [0, 0.05) is 50.5 Å². The van der Waals surface area contributed by atoms with Crippen LogP contribution in [-0.2, 0) is 21.8 Å². The van der Waals surface area contributed by atoms with Crippen molar-refractivity contribution in [1.82, 2.24) is 24.4 Å². The Morgan fingerprint density at radius 2 is 2.25 bits per heavy atom. The SMILES string of the molecule is CNC(=O)c1sc2ncccc2c1[C@@H]1CN(S(=O)(=O)c2cnn(C)c2)CCO1. The van der Waals surface area contributed by atoms with Crippen molar-refractivity contribution in [1.29, 1.82) is 0 Å². The average molecular weight is 422 g/mol. The molecule has 1 aliphatic heterocycles. The van der Waals surface area contributed by atoms with Gasteiger partial charge >= 0.3 is 0 Å². The molecule has 0 bridgehead atoms. The van der Waals surface area contributed by atoms with Crippen LogP contribution in [-0.4, -0.2) is 60.1 Å². The molecule has 0 unspecified atom stereocenters. The van der Waals surface area contributed by atoms with Crippen molar-refractivity contribution in [3.05, 3.63) is 41.2 Å². The maximum absolute atomic E-state index is 13.0. The van der Waals surface area contributed by atoms with E-state index in [4.69, 9.17) is 4.74 Å². The van der Waals surface area contributed by atoms with Gasteiger partial charge in [-0.2, -0.15) is 9.40 Å². The monoisotopic (exact) mass is 421 g/mol. The minimum atomic E-state index is -3.70. The number of carbonyl (C=O) groups excluding carboxylic acids is 1. The molecule has 1 amide bonds. The summed E-state index contributed by atoms with van der Waals surface area (Å²) < 4.78 is 34.7. The van der Waals surface area contributed by atoms with Crippen LogP contribution in [0.3, 0.4) is 0 Å². The van der Waals surface area contributed by atoms with Gasteiger partial charge in [-0.05, 0) is 6.07 Å². The molecule has 1 aliphatic rings. The number of nitrogens with zero attached hydrogens (tertiary/aromatic N) is 4. The molecule has 0 saturated carbocycles. The van der Waals surface area contributed by atoms with E-state index in [9.17, 15) is 13.2 Å². The molecular formula is C17H19N5O4S2.